The molecule has 0 radical (unpaired) electrons. The summed E-state index contributed by atoms with van der Waals surface area (Å²) in [4.78, 5) is 1.45. The van der Waals surface area contributed by atoms with E-state index in [1.54, 1.807) is 0 Å². The first kappa shape index (κ1) is 11.7. The van der Waals surface area contributed by atoms with E-state index >= 15 is 0 Å². The van der Waals surface area contributed by atoms with Crippen molar-refractivity contribution in [1.82, 2.24) is 0 Å². The number of hydrogen-bond donors (Lipinski definition) is 1. The van der Waals surface area contributed by atoms with Gasteiger partial charge < -0.3 is 5.73 Å². The summed E-state index contributed by atoms with van der Waals surface area (Å²) in [5.74, 6) is 0. The van der Waals surface area contributed by atoms with Crippen LogP contribution in [-0.2, 0) is 6.42 Å². The Morgan fingerprint density at radius 3 is 2.71 bits per heavy atom. The van der Waals surface area contributed by atoms with Crippen molar-refractivity contribution in [3.05, 3.63) is 22.4 Å². The highest BCUT2D eigenvalue weighted by molar-refractivity contribution is 7.09. The van der Waals surface area contributed by atoms with Crippen LogP contribution >= 0.6 is 11.3 Å². The Kier molecular flexibility index (Phi) is 4.14. The van der Waals surface area contributed by atoms with Crippen LogP contribution in [0.25, 0.3) is 0 Å². The Hall–Kier alpha value is -0.340. The number of hydrogen-bond acceptors (Lipinski definition) is 2. The number of nitrogens with two attached hydrogens (primary N) is 1. The van der Waals surface area contributed by atoms with Crippen molar-refractivity contribution < 1.29 is 0 Å². The second-order valence-electron chi connectivity index (χ2n) is 4.57. The number of rotatable bonds is 5. The molecule has 1 heterocycles. The van der Waals surface area contributed by atoms with Gasteiger partial charge in [0.25, 0.3) is 0 Å². The lowest BCUT2D eigenvalue weighted by Gasteiger charge is -2.30. The molecular weight excluding hydrogens is 190 g/mol. The highest BCUT2D eigenvalue weighted by Gasteiger charge is 2.23. The van der Waals surface area contributed by atoms with Gasteiger partial charge >= 0.3 is 0 Å². The average Bonchev–Trinajstić information content (AvgIpc) is 2.66. The van der Waals surface area contributed by atoms with Gasteiger partial charge in [-0.2, -0.15) is 0 Å². The van der Waals surface area contributed by atoms with E-state index in [0.29, 0.717) is 6.04 Å². The Labute approximate surface area is 91.3 Å². The summed E-state index contributed by atoms with van der Waals surface area (Å²) in [6.07, 6.45) is 3.38. The maximum absolute atomic E-state index is 6.18. The van der Waals surface area contributed by atoms with Crippen LogP contribution in [0.1, 0.15) is 38.5 Å². The van der Waals surface area contributed by atoms with Gasteiger partial charge in [-0.05, 0) is 36.1 Å². The third kappa shape index (κ3) is 3.10. The standard InChI is InChI=1S/C12H21NS/c1-4-12(2,3)11(13)8-7-10-6-5-9-14-10/h5-6,9,11H,4,7-8,13H2,1-3H3. The minimum absolute atomic E-state index is 0.275. The fourth-order valence-corrected chi connectivity index (χ4v) is 2.13. The minimum atomic E-state index is 0.275. The van der Waals surface area contributed by atoms with E-state index in [0.717, 1.165) is 19.3 Å². The Morgan fingerprint density at radius 2 is 2.21 bits per heavy atom. The lowest BCUT2D eigenvalue weighted by Crippen LogP contribution is -2.37. The zero-order chi connectivity index (χ0) is 10.6. The highest BCUT2D eigenvalue weighted by atomic mass is 32.1. The van der Waals surface area contributed by atoms with Gasteiger partial charge in [0.2, 0.25) is 0 Å². The van der Waals surface area contributed by atoms with Crippen molar-refractivity contribution >= 4 is 11.3 Å². The van der Waals surface area contributed by atoms with E-state index in [4.69, 9.17) is 5.73 Å². The van der Waals surface area contributed by atoms with E-state index in [2.05, 4.69) is 38.3 Å². The van der Waals surface area contributed by atoms with Gasteiger partial charge in [-0.1, -0.05) is 26.8 Å². The van der Waals surface area contributed by atoms with E-state index in [-0.39, 0.29) is 5.41 Å². The minimum Gasteiger partial charge on any atom is -0.327 e. The lowest BCUT2D eigenvalue weighted by molar-refractivity contribution is 0.263. The molecular formula is C12H21NS. The van der Waals surface area contributed by atoms with Crippen LogP contribution in [-0.4, -0.2) is 6.04 Å². The molecule has 1 atom stereocenters. The second-order valence-corrected chi connectivity index (χ2v) is 5.60. The molecule has 2 N–H and O–H groups in total. The molecule has 0 aliphatic heterocycles. The molecule has 14 heavy (non-hydrogen) atoms. The molecule has 0 aromatic carbocycles. The predicted octanol–water partition coefficient (Wildman–Crippen LogP) is 3.44. The van der Waals surface area contributed by atoms with E-state index in [9.17, 15) is 0 Å². The molecule has 1 rings (SSSR count). The second kappa shape index (κ2) is 4.94. The molecule has 0 aliphatic rings. The number of aryl methyl sites for hydroxylation is 1. The summed E-state index contributed by atoms with van der Waals surface area (Å²) in [7, 11) is 0. The molecule has 0 bridgehead atoms. The zero-order valence-electron chi connectivity index (χ0n) is 9.42. The number of thiophene rings is 1. The highest BCUT2D eigenvalue weighted by Crippen LogP contribution is 2.26. The lowest BCUT2D eigenvalue weighted by atomic mass is 9.80. The van der Waals surface area contributed by atoms with Crippen molar-refractivity contribution in [1.29, 1.82) is 0 Å². The Bertz CT molecular complexity index is 251. The molecule has 0 saturated heterocycles. The quantitative estimate of drug-likeness (QED) is 0.793. The molecule has 1 aromatic heterocycles. The largest absolute Gasteiger partial charge is 0.327 e. The topological polar surface area (TPSA) is 26.0 Å². The van der Waals surface area contributed by atoms with Crippen LogP contribution in [0.3, 0.4) is 0 Å². The van der Waals surface area contributed by atoms with Gasteiger partial charge in [-0.3, -0.25) is 0 Å². The maximum Gasteiger partial charge on any atom is 0.00936 e. The Morgan fingerprint density at radius 1 is 1.50 bits per heavy atom. The molecule has 0 aliphatic carbocycles. The summed E-state index contributed by atoms with van der Waals surface area (Å²) in [6, 6.07) is 4.61. The van der Waals surface area contributed by atoms with Gasteiger partial charge in [-0.15, -0.1) is 11.3 Å². The third-order valence-electron chi connectivity index (χ3n) is 3.20. The first-order valence-corrected chi connectivity index (χ1v) is 6.22. The molecule has 0 saturated carbocycles. The van der Waals surface area contributed by atoms with Gasteiger partial charge in [-0.25, -0.2) is 0 Å². The Balaban J connectivity index is 2.38. The van der Waals surface area contributed by atoms with Crippen LogP contribution < -0.4 is 5.73 Å². The molecule has 1 aromatic rings. The van der Waals surface area contributed by atoms with Crippen LogP contribution in [0.4, 0.5) is 0 Å². The van der Waals surface area contributed by atoms with Gasteiger partial charge in [0.15, 0.2) is 0 Å². The first-order chi connectivity index (χ1) is 6.56. The summed E-state index contributed by atoms with van der Waals surface area (Å²) < 4.78 is 0. The third-order valence-corrected chi connectivity index (χ3v) is 4.13. The molecule has 0 spiro atoms. The smallest absolute Gasteiger partial charge is 0.00936 e. The van der Waals surface area contributed by atoms with E-state index < -0.39 is 0 Å². The van der Waals surface area contributed by atoms with Crippen molar-refractivity contribution in [2.24, 2.45) is 11.1 Å². The average molecular weight is 211 g/mol. The van der Waals surface area contributed by atoms with E-state index in [1.165, 1.54) is 4.88 Å². The predicted molar refractivity (Wildman–Crippen MR) is 64.7 cm³/mol. The van der Waals surface area contributed by atoms with Crippen LogP contribution in [0, 0.1) is 5.41 Å². The summed E-state index contributed by atoms with van der Waals surface area (Å²) in [6.45, 7) is 6.73. The maximum atomic E-state index is 6.18. The molecule has 0 amide bonds. The monoisotopic (exact) mass is 211 g/mol. The van der Waals surface area contributed by atoms with Crippen molar-refractivity contribution in [3.8, 4) is 0 Å². The van der Waals surface area contributed by atoms with Gasteiger partial charge in [0, 0.05) is 10.9 Å². The van der Waals surface area contributed by atoms with Crippen LogP contribution in [0.2, 0.25) is 0 Å². The fraction of sp³-hybridized carbons (Fsp3) is 0.667. The van der Waals surface area contributed by atoms with Crippen molar-refractivity contribution in [2.75, 3.05) is 0 Å². The first-order valence-electron chi connectivity index (χ1n) is 5.34. The molecule has 80 valence electrons. The molecule has 2 heteroatoms. The van der Waals surface area contributed by atoms with Crippen LogP contribution in [0.15, 0.2) is 17.5 Å². The molecule has 0 fully saturated rings. The SMILES string of the molecule is CCC(C)(C)C(N)CCc1cccs1. The fourth-order valence-electron chi connectivity index (χ4n) is 1.41. The van der Waals surface area contributed by atoms with Crippen molar-refractivity contribution in [3.63, 3.8) is 0 Å². The van der Waals surface area contributed by atoms with Gasteiger partial charge in [0.1, 0.15) is 0 Å². The summed E-state index contributed by atoms with van der Waals surface area (Å²) in [5.41, 5.74) is 6.46. The van der Waals surface area contributed by atoms with E-state index in [1.807, 2.05) is 11.3 Å². The molecule has 1 unspecified atom stereocenters. The van der Waals surface area contributed by atoms with Gasteiger partial charge in [0.05, 0.1) is 0 Å². The van der Waals surface area contributed by atoms with Crippen molar-refractivity contribution in [2.45, 2.75) is 46.1 Å². The zero-order valence-corrected chi connectivity index (χ0v) is 10.2. The summed E-state index contributed by atoms with van der Waals surface area (Å²) in [5, 5.41) is 2.13. The normalized spacial score (nSPS) is 14.3. The molecule has 1 nitrogen and oxygen atoms in total. The van der Waals surface area contributed by atoms with Crippen LogP contribution in [0.5, 0.6) is 0 Å². The summed E-state index contributed by atoms with van der Waals surface area (Å²) >= 11 is 1.83.